The topological polar surface area (TPSA) is 80.7 Å². The van der Waals surface area contributed by atoms with Crippen molar-refractivity contribution in [1.82, 2.24) is 0 Å². The van der Waals surface area contributed by atoms with Crippen LogP contribution >= 0.6 is 0 Å². The van der Waals surface area contributed by atoms with Crippen molar-refractivity contribution in [3.8, 4) is 0 Å². The standard InChI is InChI=1S/C11H10O5S/c1-16-6-9-5-8-4-7(11(12)13)2-3-10(8)17(9,14)15/h2-5H,6H2,1H3,(H,12,13). The van der Waals surface area contributed by atoms with E-state index in [0.29, 0.717) is 5.56 Å². The lowest BCUT2D eigenvalue weighted by Crippen LogP contribution is -2.05. The fraction of sp³-hybridized carbons (Fsp3) is 0.182. The Morgan fingerprint density at radius 3 is 2.71 bits per heavy atom. The molecule has 0 saturated heterocycles. The van der Waals surface area contributed by atoms with Crippen LogP contribution in [0.25, 0.3) is 6.08 Å². The largest absolute Gasteiger partial charge is 0.478 e. The third kappa shape index (κ3) is 1.85. The first-order valence-electron chi connectivity index (χ1n) is 4.79. The van der Waals surface area contributed by atoms with E-state index in [2.05, 4.69) is 0 Å². The van der Waals surface area contributed by atoms with Gasteiger partial charge in [0.15, 0.2) is 0 Å². The van der Waals surface area contributed by atoms with Crippen LogP contribution in [-0.2, 0) is 14.6 Å². The Morgan fingerprint density at radius 2 is 2.12 bits per heavy atom. The Bertz CT molecular complexity index is 613. The Labute approximate surface area is 98.3 Å². The van der Waals surface area contributed by atoms with Gasteiger partial charge in [-0.3, -0.25) is 0 Å². The summed E-state index contributed by atoms with van der Waals surface area (Å²) in [5.74, 6) is -1.08. The lowest BCUT2D eigenvalue weighted by Gasteiger charge is -2.02. The number of carboxylic acids is 1. The van der Waals surface area contributed by atoms with Crippen LogP contribution in [0, 0.1) is 0 Å². The number of hydrogen-bond donors (Lipinski definition) is 1. The average molecular weight is 254 g/mol. The fourth-order valence-electron chi connectivity index (χ4n) is 1.69. The van der Waals surface area contributed by atoms with E-state index in [1.165, 1.54) is 31.4 Å². The number of sulfone groups is 1. The first kappa shape index (κ1) is 11.8. The van der Waals surface area contributed by atoms with Crippen LogP contribution < -0.4 is 0 Å². The highest BCUT2D eigenvalue weighted by molar-refractivity contribution is 7.95. The lowest BCUT2D eigenvalue weighted by molar-refractivity contribution is 0.0696. The number of ether oxygens (including phenoxy) is 1. The van der Waals surface area contributed by atoms with Crippen LogP contribution in [0.5, 0.6) is 0 Å². The molecule has 0 spiro atoms. The van der Waals surface area contributed by atoms with E-state index in [4.69, 9.17) is 9.84 Å². The zero-order chi connectivity index (χ0) is 12.6. The maximum absolute atomic E-state index is 12.0. The molecule has 1 aromatic rings. The van der Waals surface area contributed by atoms with Gasteiger partial charge in [0.05, 0.1) is 22.0 Å². The Kier molecular flexibility index (Phi) is 2.76. The summed E-state index contributed by atoms with van der Waals surface area (Å²) >= 11 is 0. The van der Waals surface area contributed by atoms with Crippen molar-refractivity contribution >= 4 is 21.9 Å². The summed E-state index contributed by atoms with van der Waals surface area (Å²) in [6, 6.07) is 3.94. The molecule has 0 radical (unpaired) electrons. The van der Waals surface area contributed by atoms with Crippen LogP contribution in [0.4, 0.5) is 0 Å². The van der Waals surface area contributed by atoms with Gasteiger partial charge in [0.25, 0.3) is 0 Å². The molecule has 0 bridgehead atoms. The maximum Gasteiger partial charge on any atom is 0.335 e. The van der Waals surface area contributed by atoms with Crippen molar-refractivity contribution in [3.63, 3.8) is 0 Å². The van der Waals surface area contributed by atoms with E-state index in [1.54, 1.807) is 0 Å². The van der Waals surface area contributed by atoms with Gasteiger partial charge in [-0.25, -0.2) is 13.2 Å². The van der Waals surface area contributed by atoms with Crippen LogP contribution in [0.2, 0.25) is 0 Å². The van der Waals surface area contributed by atoms with Gasteiger partial charge in [0.2, 0.25) is 9.84 Å². The zero-order valence-electron chi connectivity index (χ0n) is 9.00. The van der Waals surface area contributed by atoms with E-state index in [1.807, 2.05) is 0 Å². The number of aromatic carboxylic acids is 1. The molecule has 90 valence electrons. The molecule has 5 nitrogen and oxygen atoms in total. The highest BCUT2D eigenvalue weighted by Crippen LogP contribution is 2.33. The molecule has 0 aliphatic carbocycles. The molecule has 2 rings (SSSR count). The number of benzene rings is 1. The number of rotatable bonds is 3. The molecule has 1 heterocycles. The second-order valence-corrected chi connectivity index (χ2v) is 5.58. The quantitative estimate of drug-likeness (QED) is 0.875. The van der Waals surface area contributed by atoms with E-state index >= 15 is 0 Å². The highest BCUT2D eigenvalue weighted by atomic mass is 32.2. The van der Waals surface area contributed by atoms with Crippen molar-refractivity contribution in [2.24, 2.45) is 0 Å². The average Bonchev–Trinajstić information content (AvgIpc) is 2.51. The summed E-state index contributed by atoms with van der Waals surface area (Å²) in [4.78, 5) is 11.1. The molecule has 1 aliphatic heterocycles. The molecule has 1 N–H and O–H groups in total. The molecule has 17 heavy (non-hydrogen) atoms. The van der Waals surface area contributed by atoms with Gasteiger partial charge in [-0.2, -0.15) is 0 Å². The molecule has 6 heteroatoms. The number of carbonyl (C=O) groups is 1. The van der Waals surface area contributed by atoms with Gasteiger partial charge in [-0.1, -0.05) is 0 Å². The van der Waals surface area contributed by atoms with Gasteiger partial charge >= 0.3 is 5.97 Å². The van der Waals surface area contributed by atoms with Crippen molar-refractivity contribution in [1.29, 1.82) is 0 Å². The number of fused-ring (bicyclic) bond motifs is 1. The molecule has 1 aromatic carbocycles. The summed E-state index contributed by atoms with van der Waals surface area (Å²) in [7, 11) is -2.10. The number of methoxy groups -OCH3 is 1. The van der Waals surface area contributed by atoms with Crippen molar-refractivity contribution in [2.75, 3.05) is 13.7 Å². The first-order chi connectivity index (χ1) is 7.96. The van der Waals surface area contributed by atoms with E-state index in [9.17, 15) is 13.2 Å². The van der Waals surface area contributed by atoms with Crippen LogP contribution in [0.1, 0.15) is 15.9 Å². The SMILES string of the molecule is COCC1=Cc2cc(C(=O)O)ccc2S1(=O)=O. The third-order valence-corrected chi connectivity index (χ3v) is 4.37. The fourth-order valence-corrected chi connectivity index (χ4v) is 3.21. The van der Waals surface area contributed by atoms with E-state index in [0.717, 1.165) is 0 Å². The van der Waals surface area contributed by atoms with Crippen LogP contribution in [0.3, 0.4) is 0 Å². The molecule has 0 fully saturated rings. The third-order valence-electron chi connectivity index (χ3n) is 2.49. The van der Waals surface area contributed by atoms with Gasteiger partial charge in [0, 0.05) is 7.11 Å². The molecule has 0 atom stereocenters. The summed E-state index contributed by atoms with van der Waals surface area (Å²) in [6.07, 6.45) is 1.45. The molecule has 0 saturated carbocycles. The minimum absolute atomic E-state index is 0.0145. The Hall–Kier alpha value is -1.66. The summed E-state index contributed by atoms with van der Waals surface area (Å²) in [5.41, 5.74) is 0.464. The van der Waals surface area contributed by atoms with E-state index < -0.39 is 15.8 Å². The predicted octanol–water partition coefficient (Wildman–Crippen LogP) is 1.16. The van der Waals surface area contributed by atoms with Gasteiger partial charge in [-0.15, -0.1) is 0 Å². The van der Waals surface area contributed by atoms with E-state index in [-0.39, 0.29) is 22.0 Å². The second-order valence-electron chi connectivity index (χ2n) is 3.60. The van der Waals surface area contributed by atoms with Gasteiger partial charge < -0.3 is 9.84 Å². The maximum atomic E-state index is 12.0. The molecular formula is C11H10O5S. The van der Waals surface area contributed by atoms with Crippen LogP contribution in [-0.4, -0.2) is 33.2 Å². The Morgan fingerprint density at radius 1 is 1.41 bits per heavy atom. The number of carboxylic acid groups (broad SMARTS) is 1. The smallest absolute Gasteiger partial charge is 0.335 e. The van der Waals surface area contributed by atoms with Gasteiger partial charge in [0.1, 0.15) is 0 Å². The van der Waals surface area contributed by atoms with Crippen molar-refractivity contribution in [3.05, 3.63) is 34.2 Å². The highest BCUT2D eigenvalue weighted by Gasteiger charge is 2.29. The summed E-state index contributed by atoms with van der Waals surface area (Å²) < 4.78 is 28.7. The molecule has 0 amide bonds. The number of hydrogen-bond acceptors (Lipinski definition) is 4. The zero-order valence-corrected chi connectivity index (χ0v) is 9.82. The molecular weight excluding hydrogens is 244 g/mol. The van der Waals surface area contributed by atoms with Gasteiger partial charge in [-0.05, 0) is 29.8 Å². The molecule has 0 unspecified atom stereocenters. The predicted molar refractivity (Wildman–Crippen MR) is 60.4 cm³/mol. The normalized spacial score (nSPS) is 16.4. The monoisotopic (exact) mass is 254 g/mol. The summed E-state index contributed by atoms with van der Waals surface area (Å²) in [6.45, 7) is -0.0145. The Balaban J connectivity index is 2.57. The molecule has 0 aromatic heterocycles. The van der Waals surface area contributed by atoms with Crippen molar-refractivity contribution < 1.29 is 23.1 Å². The van der Waals surface area contributed by atoms with Crippen molar-refractivity contribution in [2.45, 2.75) is 4.90 Å². The second kappa shape index (κ2) is 3.97. The van der Waals surface area contributed by atoms with Crippen LogP contribution in [0.15, 0.2) is 28.0 Å². The summed E-state index contributed by atoms with van der Waals surface area (Å²) in [5, 5.41) is 8.82. The first-order valence-corrected chi connectivity index (χ1v) is 6.27. The minimum atomic E-state index is -3.51. The lowest BCUT2D eigenvalue weighted by atomic mass is 10.1. The minimum Gasteiger partial charge on any atom is -0.478 e. The molecule has 1 aliphatic rings.